The topological polar surface area (TPSA) is 83.8 Å². The van der Waals surface area contributed by atoms with Gasteiger partial charge in [0.15, 0.2) is 0 Å². The number of carbonyl (C=O) groups is 1. The Morgan fingerprint density at radius 2 is 1.91 bits per heavy atom. The second-order valence-corrected chi connectivity index (χ2v) is 8.74. The third kappa shape index (κ3) is 3.73. The van der Waals surface area contributed by atoms with E-state index in [1.165, 1.54) is 0 Å². The van der Waals surface area contributed by atoms with Crippen molar-refractivity contribution in [2.24, 2.45) is 11.8 Å². The molecule has 0 unspecified atom stereocenters. The van der Waals surface area contributed by atoms with Gasteiger partial charge in [-0.15, -0.1) is 0 Å². The maximum atomic E-state index is 13.4. The van der Waals surface area contributed by atoms with Gasteiger partial charge in [-0.05, 0) is 49.2 Å². The zero-order valence-corrected chi connectivity index (χ0v) is 19.1. The third-order valence-corrected chi connectivity index (χ3v) is 6.89. The quantitative estimate of drug-likeness (QED) is 0.660. The number of carbonyl (C=O) groups excluding carboxylic acids is 1. The number of ether oxygens (including phenoxy) is 1. The molecular weight excluding hydrogens is 406 g/mol. The van der Waals surface area contributed by atoms with Crippen LogP contribution >= 0.6 is 0 Å². The Morgan fingerprint density at radius 3 is 2.53 bits per heavy atom. The molecule has 4 atom stereocenters. The lowest BCUT2D eigenvalue weighted by atomic mass is 9.88. The van der Waals surface area contributed by atoms with Gasteiger partial charge in [-0.3, -0.25) is 14.5 Å². The van der Waals surface area contributed by atoms with Crippen LogP contribution < -0.4 is 15.6 Å². The van der Waals surface area contributed by atoms with E-state index >= 15 is 0 Å². The normalized spacial score (nSPS) is 24.2. The lowest BCUT2D eigenvalue weighted by molar-refractivity contribution is -0.127. The molecule has 0 aliphatic carbocycles. The van der Waals surface area contributed by atoms with Crippen molar-refractivity contribution in [3.63, 3.8) is 0 Å². The summed E-state index contributed by atoms with van der Waals surface area (Å²) in [6.45, 7) is 5.95. The number of aliphatic hydroxyl groups excluding tert-OH is 1. The first kappa shape index (κ1) is 22.6. The number of pyridine rings is 1. The van der Waals surface area contributed by atoms with Crippen molar-refractivity contribution < 1.29 is 14.6 Å². The van der Waals surface area contributed by atoms with Gasteiger partial charge in [-0.1, -0.05) is 26.0 Å². The van der Waals surface area contributed by atoms with Gasteiger partial charge in [0, 0.05) is 42.8 Å². The molecular formula is C25H33N3O4. The van der Waals surface area contributed by atoms with E-state index in [2.05, 4.69) is 17.1 Å². The van der Waals surface area contributed by atoms with Gasteiger partial charge in [-0.25, -0.2) is 0 Å². The van der Waals surface area contributed by atoms with Gasteiger partial charge >= 0.3 is 0 Å². The summed E-state index contributed by atoms with van der Waals surface area (Å²) in [5, 5.41) is 13.3. The van der Waals surface area contributed by atoms with Gasteiger partial charge in [0.2, 0.25) is 5.91 Å². The fourth-order valence-corrected chi connectivity index (χ4v) is 5.47. The van der Waals surface area contributed by atoms with Gasteiger partial charge in [0.05, 0.1) is 19.2 Å². The van der Waals surface area contributed by atoms with Crippen LogP contribution in [-0.4, -0.2) is 53.3 Å². The van der Waals surface area contributed by atoms with E-state index in [-0.39, 0.29) is 42.0 Å². The fourth-order valence-electron chi connectivity index (χ4n) is 5.47. The summed E-state index contributed by atoms with van der Waals surface area (Å²) in [4.78, 5) is 28.7. The summed E-state index contributed by atoms with van der Waals surface area (Å²) in [5.41, 5.74) is 2.41. The summed E-state index contributed by atoms with van der Waals surface area (Å²) >= 11 is 0. The molecule has 1 aromatic heterocycles. The highest BCUT2D eigenvalue weighted by Gasteiger charge is 2.55. The summed E-state index contributed by atoms with van der Waals surface area (Å²) < 4.78 is 7.07. The molecule has 2 N–H and O–H groups in total. The molecule has 4 rings (SSSR count). The molecule has 3 heterocycles. The van der Waals surface area contributed by atoms with E-state index < -0.39 is 0 Å². The Balaban J connectivity index is 1.71. The second kappa shape index (κ2) is 9.46. The van der Waals surface area contributed by atoms with Crippen LogP contribution in [0.1, 0.15) is 38.4 Å². The summed E-state index contributed by atoms with van der Waals surface area (Å²) in [7, 11) is 1.62. The maximum absolute atomic E-state index is 13.4. The first-order chi connectivity index (χ1) is 15.5. The molecule has 32 heavy (non-hydrogen) atoms. The number of hydrogen-bond donors (Lipinski definition) is 2. The van der Waals surface area contributed by atoms with E-state index in [0.29, 0.717) is 18.7 Å². The Labute approximate surface area is 189 Å². The number of likely N-dealkylation sites (tertiary alicyclic amines) is 1. The maximum Gasteiger partial charge on any atom is 0.258 e. The zero-order valence-electron chi connectivity index (χ0n) is 19.1. The second-order valence-electron chi connectivity index (χ2n) is 8.74. The molecule has 1 fully saturated rings. The van der Waals surface area contributed by atoms with Gasteiger partial charge in [-0.2, -0.15) is 0 Å². The number of benzene rings is 1. The highest BCUT2D eigenvalue weighted by atomic mass is 16.5. The van der Waals surface area contributed by atoms with Crippen LogP contribution in [-0.2, 0) is 11.3 Å². The van der Waals surface area contributed by atoms with Crippen molar-refractivity contribution in [3.05, 3.63) is 52.4 Å². The molecule has 0 saturated carbocycles. The molecule has 2 aliphatic heterocycles. The van der Waals surface area contributed by atoms with Crippen LogP contribution in [0.25, 0.3) is 11.1 Å². The molecule has 0 radical (unpaired) electrons. The van der Waals surface area contributed by atoms with Crippen LogP contribution in [0.3, 0.4) is 0 Å². The standard InChI is InChI=1S/C25H33N3O4/c1-4-12-26-24(30)23-20(15-29)19-14-28-21(22(19)27(23)13-5-2)11-10-18(25(28)31)16-6-8-17(32-3)9-7-16/h6-11,19-20,22-23,29H,4-5,12-15H2,1-3H3,(H,26,30)/t19-,20-,22+,23-/m0/s1. The molecule has 0 bridgehead atoms. The van der Waals surface area contributed by atoms with Crippen molar-refractivity contribution in [2.75, 3.05) is 26.8 Å². The molecule has 1 amide bonds. The van der Waals surface area contributed by atoms with E-state index in [1.807, 2.05) is 47.9 Å². The lowest BCUT2D eigenvalue weighted by Crippen LogP contribution is -2.48. The predicted octanol–water partition coefficient (Wildman–Crippen LogP) is 2.42. The average molecular weight is 440 g/mol. The Bertz CT molecular complexity index is 1020. The number of amides is 1. The molecule has 2 aromatic rings. The van der Waals surface area contributed by atoms with Crippen LogP contribution in [0, 0.1) is 11.8 Å². The molecule has 2 aliphatic rings. The Kier molecular flexibility index (Phi) is 6.67. The number of fused-ring (bicyclic) bond motifs is 3. The largest absolute Gasteiger partial charge is 0.497 e. The van der Waals surface area contributed by atoms with Crippen molar-refractivity contribution in [3.8, 4) is 16.9 Å². The number of hydrogen-bond acceptors (Lipinski definition) is 5. The van der Waals surface area contributed by atoms with Crippen molar-refractivity contribution >= 4 is 5.91 Å². The first-order valence-corrected chi connectivity index (χ1v) is 11.6. The fraction of sp³-hybridized carbons (Fsp3) is 0.520. The monoisotopic (exact) mass is 439 g/mol. The number of aromatic nitrogens is 1. The molecule has 7 nitrogen and oxygen atoms in total. The molecule has 172 valence electrons. The smallest absolute Gasteiger partial charge is 0.258 e. The SMILES string of the molecule is CCCNC(=O)[C@@H]1[C@@H](CO)[C@@H]2Cn3c(ccc(-c4ccc(OC)cc4)c3=O)[C@@H]2N1CCC. The Hall–Kier alpha value is -2.64. The molecule has 1 aromatic carbocycles. The summed E-state index contributed by atoms with van der Waals surface area (Å²) in [6, 6.07) is 11.0. The number of rotatable bonds is 8. The van der Waals surface area contributed by atoms with Gasteiger partial charge in [0.1, 0.15) is 5.75 Å². The number of nitrogens with one attached hydrogen (secondary N) is 1. The van der Waals surface area contributed by atoms with E-state index in [4.69, 9.17) is 4.74 Å². The van der Waals surface area contributed by atoms with Gasteiger partial charge < -0.3 is 19.7 Å². The number of methoxy groups -OCH3 is 1. The minimum atomic E-state index is -0.369. The number of nitrogens with zero attached hydrogens (tertiary/aromatic N) is 2. The van der Waals surface area contributed by atoms with Crippen LogP contribution in [0.5, 0.6) is 5.75 Å². The minimum Gasteiger partial charge on any atom is -0.497 e. The van der Waals surface area contributed by atoms with E-state index in [1.54, 1.807) is 7.11 Å². The van der Waals surface area contributed by atoms with Crippen molar-refractivity contribution in [2.45, 2.75) is 45.3 Å². The lowest BCUT2D eigenvalue weighted by Gasteiger charge is -2.30. The van der Waals surface area contributed by atoms with Gasteiger partial charge in [0.25, 0.3) is 5.56 Å². The predicted molar refractivity (Wildman–Crippen MR) is 124 cm³/mol. The van der Waals surface area contributed by atoms with Crippen LogP contribution in [0.4, 0.5) is 0 Å². The van der Waals surface area contributed by atoms with Crippen LogP contribution in [0.2, 0.25) is 0 Å². The van der Waals surface area contributed by atoms with Crippen LogP contribution in [0.15, 0.2) is 41.2 Å². The third-order valence-electron chi connectivity index (χ3n) is 6.89. The highest BCUT2D eigenvalue weighted by Crippen LogP contribution is 2.49. The first-order valence-electron chi connectivity index (χ1n) is 11.6. The molecule has 7 heteroatoms. The van der Waals surface area contributed by atoms with Crippen molar-refractivity contribution in [1.82, 2.24) is 14.8 Å². The molecule has 1 saturated heterocycles. The summed E-state index contributed by atoms with van der Waals surface area (Å²) in [6.07, 6.45) is 1.77. The van der Waals surface area contributed by atoms with E-state index in [0.717, 1.165) is 36.4 Å². The highest BCUT2D eigenvalue weighted by molar-refractivity contribution is 5.82. The molecule has 0 spiro atoms. The van der Waals surface area contributed by atoms with Crippen molar-refractivity contribution in [1.29, 1.82) is 0 Å². The Morgan fingerprint density at radius 1 is 1.16 bits per heavy atom. The number of aliphatic hydroxyl groups is 1. The van der Waals surface area contributed by atoms with E-state index in [9.17, 15) is 14.7 Å². The minimum absolute atomic E-state index is 0.0162. The average Bonchev–Trinajstić information content (AvgIpc) is 3.33. The summed E-state index contributed by atoms with van der Waals surface area (Å²) in [5.74, 6) is 0.560. The zero-order chi connectivity index (χ0) is 22.8.